The highest BCUT2D eigenvalue weighted by Gasteiger charge is 2.48. The predicted molar refractivity (Wildman–Crippen MR) is 66.4 cm³/mol. The molecule has 0 saturated carbocycles. The van der Waals surface area contributed by atoms with Crippen molar-refractivity contribution in [2.24, 2.45) is 0 Å². The maximum Gasteiger partial charge on any atom is 0.338 e. The number of aliphatic hydroxyl groups excluding tert-OH is 1. The van der Waals surface area contributed by atoms with Gasteiger partial charge in [0, 0.05) is 19.4 Å². The van der Waals surface area contributed by atoms with Gasteiger partial charge in [-0.25, -0.2) is 4.79 Å². The van der Waals surface area contributed by atoms with E-state index >= 15 is 0 Å². The number of hydrogen-bond donors (Lipinski definition) is 1. The lowest BCUT2D eigenvalue weighted by Gasteiger charge is -2.20. The first-order chi connectivity index (χ1) is 9.16. The van der Waals surface area contributed by atoms with Crippen LogP contribution in [0.4, 0.5) is 0 Å². The van der Waals surface area contributed by atoms with Gasteiger partial charge < -0.3 is 14.7 Å². The summed E-state index contributed by atoms with van der Waals surface area (Å²) >= 11 is 0. The van der Waals surface area contributed by atoms with Crippen LogP contribution in [-0.4, -0.2) is 46.7 Å². The van der Waals surface area contributed by atoms with Gasteiger partial charge in [-0.1, -0.05) is 18.2 Å². The van der Waals surface area contributed by atoms with E-state index in [1.165, 1.54) is 0 Å². The molecule has 1 aromatic rings. The third-order valence-corrected chi connectivity index (χ3v) is 3.78. The Morgan fingerprint density at radius 3 is 2.79 bits per heavy atom. The zero-order chi connectivity index (χ0) is 13.4. The molecule has 1 N–H and O–H groups in total. The minimum Gasteiger partial charge on any atom is -0.457 e. The molecule has 2 saturated heterocycles. The van der Waals surface area contributed by atoms with E-state index in [0.29, 0.717) is 24.9 Å². The van der Waals surface area contributed by atoms with E-state index in [1.54, 1.807) is 29.2 Å². The average molecular weight is 261 g/mol. The molecule has 19 heavy (non-hydrogen) atoms. The summed E-state index contributed by atoms with van der Waals surface area (Å²) in [5.41, 5.74) is 0.505. The van der Waals surface area contributed by atoms with Crippen LogP contribution >= 0.6 is 0 Å². The van der Waals surface area contributed by atoms with E-state index in [2.05, 4.69) is 0 Å². The van der Waals surface area contributed by atoms with Crippen LogP contribution in [0.15, 0.2) is 30.3 Å². The molecule has 1 amide bonds. The lowest BCUT2D eigenvalue weighted by atomic mass is 10.1. The van der Waals surface area contributed by atoms with Crippen LogP contribution in [0, 0.1) is 0 Å². The molecule has 2 heterocycles. The van der Waals surface area contributed by atoms with Crippen LogP contribution in [0.1, 0.15) is 23.2 Å². The average Bonchev–Trinajstić information content (AvgIpc) is 2.93. The summed E-state index contributed by atoms with van der Waals surface area (Å²) in [4.78, 5) is 25.2. The Labute approximate surface area is 110 Å². The second kappa shape index (κ2) is 4.66. The number of fused-ring (bicyclic) bond motifs is 1. The summed E-state index contributed by atoms with van der Waals surface area (Å²) in [6.07, 6.45) is -0.259. The van der Waals surface area contributed by atoms with Crippen molar-refractivity contribution in [1.29, 1.82) is 0 Å². The third kappa shape index (κ3) is 2.10. The number of aliphatic hydroxyl groups is 1. The van der Waals surface area contributed by atoms with E-state index < -0.39 is 6.10 Å². The van der Waals surface area contributed by atoms with Crippen molar-refractivity contribution in [3.05, 3.63) is 35.9 Å². The molecule has 100 valence electrons. The molecule has 2 aliphatic heterocycles. The molecule has 5 nitrogen and oxygen atoms in total. The minimum absolute atomic E-state index is 0.171. The Hall–Kier alpha value is -1.88. The monoisotopic (exact) mass is 261 g/mol. The number of rotatable bonds is 2. The van der Waals surface area contributed by atoms with Gasteiger partial charge in [0.1, 0.15) is 12.2 Å². The third-order valence-electron chi connectivity index (χ3n) is 3.78. The van der Waals surface area contributed by atoms with Gasteiger partial charge in [0.2, 0.25) is 0 Å². The van der Waals surface area contributed by atoms with Crippen molar-refractivity contribution in [2.45, 2.75) is 31.1 Å². The SMILES string of the molecule is O=C(O[C@@H]1CCN2C(=O)[C@@H](O)C[C@@H]12)c1ccccc1. The van der Waals surface area contributed by atoms with Gasteiger partial charge in [0.05, 0.1) is 11.6 Å². The Bertz CT molecular complexity index is 501. The van der Waals surface area contributed by atoms with Crippen LogP contribution in [-0.2, 0) is 9.53 Å². The minimum atomic E-state index is -0.941. The van der Waals surface area contributed by atoms with Crippen molar-refractivity contribution in [1.82, 2.24) is 4.90 Å². The van der Waals surface area contributed by atoms with Gasteiger partial charge >= 0.3 is 5.97 Å². The predicted octanol–water partition coefficient (Wildman–Crippen LogP) is 0.577. The fourth-order valence-electron chi connectivity index (χ4n) is 2.82. The first-order valence-electron chi connectivity index (χ1n) is 6.41. The van der Waals surface area contributed by atoms with Crippen LogP contribution in [0.5, 0.6) is 0 Å². The fourth-order valence-corrected chi connectivity index (χ4v) is 2.82. The molecule has 1 aromatic carbocycles. The first-order valence-corrected chi connectivity index (χ1v) is 6.41. The molecular weight excluding hydrogens is 246 g/mol. The first kappa shape index (κ1) is 12.2. The highest BCUT2D eigenvalue weighted by molar-refractivity contribution is 5.89. The molecule has 0 aliphatic carbocycles. The number of benzene rings is 1. The molecule has 5 heteroatoms. The van der Waals surface area contributed by atoms with Crippen molar-refractivity contribution in [2.75, 3.05) is 6.54 Å². The number of esters is 1. The lowest BCUT2D eigenvalue weighted by Crippen LogP contribution is -2.34. The van der Waals surface area contributed by atoms with Gasteiger partial charge in [-0.15, -0.1) is 0 Å². The zero-order valence-corrected chi connectivity index (χ0v) is 10.4. The van der Waals surface area contributed by atoms with E-state index in [4.69, 9.17) is 4.74 Å². The van der Waals surface area contributed by atoms with Gasteiger partial charge in [0.15, 0.2) is 0 Å². The van der Waals surface area contributed by atoms with E-state index in [9.17, 15) is 14.7 Å². The van der Waals surface area contributed by atoms with Crippen LogP contribution in [0.3, 0.4) is 0 Å². The molecule has 0 spiro atoms. The molecule has 2 fully saturated rings. The van der Waals surface area contributed by atoms with Crippen molar-refractivity contribution >= 4 is 11.9 Å². The number of carbonyl (C=O) groups is 2. The normalized spacial score (nSPS) is 29.4. The number of ether oxygens (including phenoxy) is 1. The lowest BCUT2D eigenvalue weighted by molar-refractivity contribution is -0.134. The second-order valence-corrected chi connectivity index (χ2v) is 4.95. The maximum absolute atomic E-state index is 12.0. The Kier molecular flexibility index (Phi) is 2.98. The molecule has 3 atom stereocenters. The van der Waals surface area contributed by atoms with Crippen LogP contribution in [0.2, 0.25) is 0 Å². The molecule has 3 rings (SSSR count). The number of nitrogens with zero attached hydrogens (tertiary/aromatic N) is 1. The molecule has 0 unspecified atom stereocenters. The van der Waals surface area contributed by atoms with Gasteiger partial charge in [-0.2, -0.15) is 0 Å². The van der Waals surface area contributed by atoms with Gasteiger partial charge in [-0.05, 0) is 12.1 Å². The topological polar surface area (TPSA) is 66.8 Å². The standard InChI is InChI=1S/C14H15NO4/c16-11-8-10-12(6-7-15(10)13(11)17)19-14(18)9-4-2-1-3-5-9/h1-5,10-12,16H,6-8H2/t10-,11-,12+/m0/s1. The van der Waals surface area contributed by atoms with Gasteiger partial charge in [-0.3, -0.25) is 4.79 Å². The molecule has 0 aromatic heterocycles. The number of hydrogen-bond acceptors (Lipinski definition) is 4. The van der Waals surface area contributed by atoms with Crippen molar-refractivity contribution in [3.63, 3.8) is 0 Å². The molecular formula is C14H15NO4. The molecule has 2 aliphatic rings. The Morgan fingerprint density at radius 1 is 1.32 bits per heavy atom. The maximum atomic E-state index is 12.0. The summed E-state index contributed by atoms with van der Waals surface area (Å²) in [6, 6.07) is 8.61. The van der Waals surface area contributed by atoms with Crippen molar-refractivity contribution in [3.8, 4) is 0 Å². The fraction of sp³-hybridized carbons (Fsp3) is 0.429. The largest absolute Gasteiger partial charge is 0.457 e. The summed E-state index contributed by atoms with van der Waals surface area (Å²) in [6.45, 7) is 0.549. The summed E-state index contributed by atoms with van der Waals surface area (Å²) in [5.74, 6) is -0.621. The zero-order valence-electron chi connectivity index (χ0n) is 10.4. The van der Waals surface area contributed by atoms with Crippen molar-refractivity contribution < 1.29 is 19.4 Å². The Morgan fingerprint density at radius 2 is 2.05 bits per heavy atom. The Balaban J connectivity index is 1.69. The van der Waals surface area contributed by atoms with E-state index in [-0.39, 0.29) is 24.0 Å². The highest BCUT2D eigenvalue weighted by Crippen LogP contribution is 2.31. The summed E-state index contributed by atoms with van der Waals surface area (Å²) in [7, 11) is 0. The molecule has 0 radical (unpaired) electrons. The van der Waals surface area contributed by atoms with Gasteiger partial charge in [0.25, 0.3) is 5.91 Å². The highest BCUT2D eigenvalue weighted by atomic mass is 16.5. The molecule has 0 bridgehead atoms. The number of amides is 1. The summed E-state index contributed by atoms with van der Waals surface area (Å²) < 4.78 is 5.46. The van der Waals surface area contributed by atoms with Crippen LogP contribution < -0.4 is 0 Å². The smallest absolute Gasteiger partial charge is 0.338 e. The van der Waals surface area contributed by atoms with Crippen LogP contribution in [0.25, 0.3) is 0 Å². The van der Waals surface area contributed by atoms with E-state index in [0.717, 1.165) is 0 Å². The quantitative estimate of drug-likeness (QED) is 0.791. The summed E-state index contributed by atoms with van der Waals surface area (Å²) in [5, 5.41) is 9.54. The second-order valence-electron chi connectivity index (χ2n) is 4.95. The number of carbonyl (C=O) groups excluding carboxylic acids is 2. The van der Waals surface area contributed by atoms with E-state index in [1.807, 2.05) is 6.07 Å².